The highest BCUT2D eigenvalue weighted by atomic mass is 35.5. The molecule has 5 heteroatoms. The third-order valence-corrected chi connectivity index (χ3v) is 3.80. The molecule has 0 bridgehead atoms. The molecule has 1 atom stereocenters. The van der Waals surface area contributed by atoms with Gasteiger partial charge in [-0.25, -0.2) is 0 Å². The van der Waals surface area contributed by atoms with Crippen LogP contribution in [-0.2, 0) is 16.0 Å². The molecule has 1 fully saturated rings. The van der Waals surface area contributed by atoms with E-state index in [1.165, 1.54) is 19.3 Å². The van der Waals surface area contributed by atoms with E-state index in [1.807, 2.05) is 31.2 Å². The number of carbonyl (C=O) groups excluding carboxylic acids is 1. The topological polar surface area (TPSA) is 38.8 Å². The van der Waals surface area contributed by atoms with E-state index in [2.05, 4.69) is 4.90 Å². The molecule has 0 saturated carbocycles. The van der Waals surface area contributed by atoms with Crippen molar-refractivity contribution in [3.05, 3.63) is 29.8 Å². The second-order valence-electron chi connectivity index (χ2n) is 5.69. The van der Waals surface area contributed by atoms with E-state index in [1.54, 1.807) is 7.11 Å². The van der Waals surface area contributed by atoms with Gasteiger partial charge in [0.15, 0.2) is 0 Å². The number of halogens is 1. The maximum Gasteiger partial charge on any atom is 0.310 e. The molecule has 1 aliphatic rings. The first kappa shape index (κ1) is 18.8. The maximum atomic E-state index is 11.9. The summed E-state index contributed by atoms with van der Waals surface area (Å²) in [5.41, 5.74) is 0.950. The number of benzene rings is 1. The first-order valence-electron chi connectivity index (χ1n) is 7.72. The molecule has 1 aliphatic heterocycles. The third kappa shape index (κ3) is 6.24. The number of likely N-dealkylation sites (tertiary alicyclic amines) is 1. The Kier molecular flexibility index (Phi) is 8.28. The normalized spacial score (nSPS) is 16.5. The van der Waals surface area contributed by atoms with E-state index in [4.69, 9.17) is 9.47 Å². The Bertz CT molecular complexity index is 444. The fourth-order valence-corrected chi connectivity index (χ4v) is 2.72. The van der Waals surface area contributed by atoms with Gasteiger partial charge in [-0.15, -0.1) is 12.4 Å². The van der Waals surface area contributed by atoms with Crippen molar-refractivity contribution in [1.82, 2.24) is 4.90 Å². The second kappa shape index (κ2) is 9.70. The molecular weight excluding hydrogens is 302 g/mol. The molecule has 4 nitrogen and oxygen atoms in total. The van der Waals surface area contributed by atoms with Gasteiger partial charge < -0.3 is 9.47 Å². The molecule has 1 unspecified atom stereocenters. The van der Waals surface area contributed by atoms with Gasteiger partial charge >= 0.3 is 5.97 Å². The number of hydrogen-bond donors (Lipinski definition) is 0. The minimum Gasteiger partial charge on any atom is -0.497 e. The van der Waals surface area contributed by atoms with Crippen LogP contribution in [0.25, 0.3) is 0 Å². The van der Waals surface area contributed by atoms with Crippen LogP contribution in [-0.4, -0.2) is 43.7 Å². The minimum absolute atomic E-state index is 0. The summed E-state index contributed by atoms with van der Waals surface area (Å²) in [6.45, 7) is 5.07. The molecule has 124 valence electrons. The van der Waals surface area contributed by atoms with Crippen LogP contribution in [0.2, 0.25) is 0 Å². The molecule has 1 aromatic carbocycles. The number of ether oxygens (including phenoxy) is 2. The summed E-state index contributed by atoms with van der Waals surface area (Å²) in [6.07, 6.45) is 4.10. The minimum atomic E-state index is -0.162. The monoisotopic (exact) mass is 327 g/mol. The number of esters is 1. The zero-order chi connectivity index (χ0) is 15.1. The van der Waals surface area contributed by atoms with Crippen molar-refractivity contribution in [2.75, 3.05) is 26.7 Å². The van der Waals surface area contributed by atoms with Gasteiger partial charge in [0.25, 0.3) is 0 Å². The molecule has 2 rings (SSSR count). The molecule has 0 N–H and O–H groups in total. The summed E-state index contributed by atoms with van der Waals surface area (Å²) in [6, 6.07) is 7.52. The van der Waals surface area contributed by atoms with Crippen molar-refractivity contribution in [3.63, 3.8) is 0 Å². The summed E-state index contributed by atoms with van der Waals surface area (Å²) in [5, 5.41) is 0. The average molecular weight is 328 g/mol. The van der Waals surface area contributed by atoms with Crippen LogP contribution in [0, 0.1) is 0 Å². The van der Waals surface area contributed by atoms with E-state index >= 15 is 0 Å². The molecule has 0 aromatic heterocycles. The quantitative estimate of drug-likeness (QED) is 0.753. The zero-order valence-corrected chi connectivity index (χ0v) is 14.2. The largest absolute Gasteiger partial charge is 0.497 e. The van der Waals surface area contributed by atoms with Gasteiger partial charge in [-0.05, 0) is 50.6 Å². The Morgan fingerprint density at radius 1 is 1.18 bits per heavy atom. The summed E-state index contributed by atoms with van der Waals surface area (Å²) in [7, 11) is 1.63. The average Bonchev–Trinajstić information content (AvgIpc) is 2.48. The smallest absolute Gasteiger partial charge is 0.310 e. The maximum absolute atomic E-state index is 11.9. The lowest BCUT2D eigenvalue weighted by molar-refractivity contribution is -0.148. The molecule has 0 aliphatic carbocycles. The Hall–Kier alpha value is -1.26. The highest BCUT2D eigenvalue weighted by Gasteiger charge is 2.16. The van der Waals surface area contributed by atoms with Crippen LogP contribution < -0.4 is 4.74 Å². The molecule has 0 amide bonds. The number of methoxy groups -OCH3 is 1. The van der Waals surface area contributed by atoms with E-state index in [0.29, 0.717) is 6.42 Å². The molecule has 1 aromatic rings. The van der Waals surface area contributed by atoms with Gasteiger partial charge in [-0.2, -0.15) is 0 Å². The Morgan fingerprint density at radius 3 is 2.41 bits per heavy atom. The van der Waals surface area contributed by atoms with Crippen molar-refractivity contribution < 1.29 is 14.3 Å². The van der Waals surface area contributed by atoms with Crippen LogP contribution in [0.15, 0.2) is 24.3 Å². The number of piperidine rings is 1. The Labute approximate surface area is 139 Å². The van der Waals surface area contributed by atoms with Crippen molar-refractivity contribution >= 4 is 18.4 Å². The highest BCUT2D eigenvalue weighted by molar-refractivity contribution is 5.85. The van der Waals surface area contributed by atoms with E-state index in [9.17, 15) is 4.79 Å². The summed E-state index contributed by atoms with van der Waals surface area (Å²) in [5.74, 6) is 0.635. The molecule has 1 heterocycles. The predicted octanol–water partition coefficient (Wildman–Crippen LogP) is 3.08. The van der Waals surface area contributed by atoms with Crippen LogP contribution in [0.4, 0.5) is 0 Å². The fourth-order valence-electron chi connectivity index (χ4n) is 2.72. The molecular formula is C17H26ClNO3. The highest BCUT2D eigenvalue weighted by Crippen LogP contribution is 2.13. The Balaban J connectivity index is 0.00000242. The summed E-state index contributed by atoms with van der Waals surface area (Å²) >= 11 is 0. The number of nitrogens with zero attached hydrogens (tertiary/aromatic N) is 1. The lowest BCUT2D eigenvalue weighted by atomic mass is 10.1. The van der Waals surface area contributed by atoms with Crippen molar-refractivity contribution in [2.45, 2.75) is 38.7 Å². The molecule has 0 radical (unpaired) electrons. The van der Waals surface area contributed by atoms with E-state index < -0.39 is 0 Å². The summed E-state index contributed by atoms with van der Waals surface area (Å²) < 4.78 is 10.6. The Morgan fingerprint density at radius 2 is 1.82 bits per heavy atom. The van der Waals surface area contributed by atoms with Crippen molar-refractivity contribution in [3.8, 4) is 5.75 Å². The van der Waals surface area contributed by atoms with Crippen LogP contribution >= 0.6 is 12.4 Å². The standard InChI is InChI=1S/C17H25NO3.ClH/c1-14(13-18-10-4-3-5-11-18)21-17(19)12-15-6-8-16(20-2)9-7-15;/h6-9,14H,3-5,10-13H2,1-2H3;1H. The van der Waals surface area contributed by atoms with Gasteiger partial charge in [-0.3, -0.25) is 9.69 Å². The van der Waals surface area contributed by atoms with Gasteiger partial charge in [0.2, 0.25) is 0 Å². The second-order valence-corrected chi connectivity index (χ2v) is 5.69. The molecule has 1 saturated heterocycles. The predicted molar refractivity (Wildman–Crippen MR) is 89.8 cm³/mol. The molecule has 0 spiro atoms. The van der Waals surface area contributed by atoms with Gasteiger partial charge in [0, 0.05) is 6.54 Å². The van der Waals surface area contributed by atoms with Crippen LogP contribution in [0.1, 0.15) is 31.7 Å². The third-order valence-electron chi connectivity index (χ3n) is 3.80. The van der Waals surface area contributed by atoms with E-state index in [0.717, 1.165) is 30.9 Å². The van der Waals surface area contributed by atoms with Gasteiger partial charge in [-0.1, -0.05) is 18.6 Å². The van der Waals surface area contributed by atoms with Gasteiger partial charge in [0.1, 0.15) is 11.9 Å². The first-order chi connectivity index (χ1) is 10.2. The lowest BCUT2D eigenvalue weighted by Crippen LogP contribution is -2.37. The lowest BCUT2D eigenvalue weighted by Gasteiger charge is -2.28. The van der Waals surface area contributed by atoms with Crippen molar-refractivity contribution in [1.29, 1.82) is 0 Å². The van der Waals surface area contributed by atoms with Crippen LogP contribution in [0.3, 0.4) is 0 Å². The fraction of sp³-hybridized carbons (Fsp3) is 0.588. The SMILES string of the molecule is COc1ccc(CC(=O)OC(C)CN2CCCCC2)cc1.Cl. The molecule has 22 heavy (non-hydrogen) atoms. The zero-order valence-electron chi connectivity index (χ0n) is 13.4. The summed E-state index contributed by atoms with van der Waals surface area (Å²) in [4.78, 5) is 14.3. The van der Waals surface area contributed by atoms with Crippen LogP contribution in [0.5, 0.6) is 5.75 Å². The number of hydrogen-bond acceptors (Lipinski definition) is 4. The first-order valence-corrected chi connectivity index (χ1v) is 7.72. The number of rotatable bonds is 6. The van der Waals surface area contributed by atoms with Crippen molar-refractivity contribution in [2.24, 2.45) is 0 Å². The van der Waals surface area contributed by atoms with Gasteiger partial charge in [0.05, 0.1) is 13.5 Å². The number of carbonyl (C=O) groups is 1. The van der Waals surface area contributed by atoms with E-state index in [-0.39, 0.29) is 24.5 Å².